The molecule has 0 saturated carbocycles. The van der Waals surface area contributed by atoms with E-state index in [1.807, 2.05) is 0 Å². The maximum atomic E-state index is 13.6. The van der Waals surface area contributed by atoms with Gasteiger partial charge < -0.3 is 5.32 Å². The number of nitrogens with one attached hydrogen (secondary N) is 1. The molecule has 88 valence electrons. The van der Waals surface area contributed by atoms with E-state index in [1.54, 1.807) is 0 Å². The van der Waals surface area contributed by atoms with Gasteiger partial charge in [0.05, 0.1) is 0 Å². The van der Waals surface area contributed by atoms with Crippen molar-refractivity contribution < 1.29 is 13.2 Å². The molecule has 0 radical (unpaired) electrons. The average molecular weight is 270 g/mol. The Morgan fingerprint density at radius 1 is 1.00 bits per heavy atom. The highest BCUT2D eigenvalue weighted by atomic mass is 35.5. The summed E-state index contributed by atoms with van der Waals surface area (Å²) in [6.45, 7) is 0.663. The Balaban J connectivity index is 2.59. The molecule has 1 fully saturated rings. The number of hydrogen-bond donors (Lipinski definition) is 1. The van der Waals surface area contributed by atoms with E-state index in [4.69, 9.17) is 23.2 Å². The van der Waals surface area contributed by atoms with Gasteiger partial charge in [0.2, 0.25) is 0 Å². The predicted octanol–water partition coefficient (Wildman–Crippen LogP) is 3.84. The second-order valence-electron chi connectivity index (χ2n) is 3.63. The van der Waals surface area contributed by atoms with Crippen molar-refractivity contribution in [1.29, 1.82) is 0 Å². The molecule has 1 aliphatic heterocycles. The normalized spacial score (nSPS) is 20.4. The van der Waals surface area contributed by atoms with Crippen LogP contribution in [-0.4, -0.2) is 6.54 Å². The van der Waals surface area contributed by atoms with Crippen molar-refractivity contribution in [2.75, 3.05) is 6.54 Å². The summed E-state index contributed by atoms with van der Waals surface area (Å²) in [5.41, 5.74) is -0.270. The monoisotopic (exact) mass is 269 g/mol. The van der Waals surface area contributed by atoms with Gasteiger partial charge in [-0.05, 0) is 19.4 Å². The number of benzene rings is 1. The predicted molar refractivity (Wildman–Crippen MR) is 56.3 cm³/mol. The molecule has 1 nitrogen and oxygen atoms in total. The molecule has 6 heteroatoms. The van der Waals surface area contributed by atoms with Crippen LogP contribution in [0.1, 0.15) is 24.4 Å². The first-order chi connectivity index (χ1) is 7.54. The van der Waals surface area contributed by atoms with Crippen molar-refractivity contribution >= 4 is 23.2 Å². The van der Waals surface area contributed by atoms with Crippen LogP contribution in [-0.2, 0) is 0 Å². The van der Waals surface area contributed by atoms with Gasteiger partial charge in [-0.1, -0.05) is 23.2 Å². The van der Waals surface area contributed by atoms with Crippen LogP contribution in [0.3, 0.4) is 0 Å². The van der Waals surface area contributed by atoms with Crippen LogP contribution in [0.2, 0.25) is 10.0 Å². The molecule has 1 aromatic carbocycles. The molecular weight excluding hydrogens is 262 g/mol. The summed E-state index contributed by atoms with van der Waals surface area (Å²) in [4.78, 5) is 0. The molecular formula is C10H8Cl2F3N. The minimum absolute atomic E-state index is 0.270. The third kappa shape index (κ3) is 1.79. The highest BCUT2D eigenvalue weighted by molar-refractivity contribution is 6.35. The van der Waals surface area contributed by atoms with E-state index in [9.17, 15) is 13.2 Å². The molecule has 0 aliphatic carbocycles. The smallest absolute Gasteiger partial charge is 0.166 e. The van der Waals surface area contributed by atoms with Gasteiger partial charge in [-0.15, -0.1) is 0 Å². The summed E-state index contributed by atoms with van der Waals surface area (Å²) < 4.78 is 40.4. The third-order valence-corrected chi connectivity index (χ3v) is 3.32. The minimum atomic E-state index is -1.25. The summed E-state index contributed by atoms with van der Waals surface area (Å²) in [7, 11) is 0. The van der Waals surface area contributed by atoms with E-state index in [2.05, 4.69) is 5.32 Å². The van der Waals surface area contributed by atoms with Gasteiger partial charge in [0.1, 0.15) is 10.0 Å². The first-order valence-corrected chi connectivity index (χ1v) is 5.54. The molecule has 0 amide bonds. The molecule has 0 spiro atoms. The topological polar surface area (TPSA) is 12.0 Å². The van der Waals surface area contributed by atoms with Crippen LogP contribution in [0.15, 0.2) is 0 Å². The van der Waals surface area contributed by atoms with E-state index >= 15 is 0 Å². The number of rotatable bonds is 1. The van der Waals surface area contributed by atoms with Gasteiger partial charge in [0.25, 0.3) is 0 Å². The van der Waals surface area contributed by atoms with Crippen LogP contribution in [0.25, 0.3) is 0 Å². The molecule has 16 heavy (non-hydrogen) atoms. The Labute approximate surface area is 101 Å². The molecule has 1 atom stereocenters. The van der Waals surface area contributed by atoms with Gasteiger partial charge in [-0.3, -0.25) is 0 Å². The standard InChI is InChI=1S/C10H8Cl2F3N/c11-6-8(13)5(4-2-1-3-16-4)9(14)7(12)10(6)15/h4,16H,1-3H2/t4-/m1/s1. The molecule has 1 N–H and O–H groups in total. The molecule has 1 heterocycles. The molecule has 1 aliphatic rings. The summed E-state index contributed by atoms with van der Waals surface area (Å²) in [6, 6.07) is -0.490. The Morgan fingerprint density at radius 3 is 2.00 bits per heavy atom. The second kappa shape index (κ2) is 4.43. The van der Waals surface area contributed by atoms with Crippen molar-refractivity contribution in [3.8, 4) is 0 Å². The van der Waals surface area contributed by atoms with E-state index < -0.39 is 33.5 Å². The fraction of sp³-hybridized carbons (Fsp3) is 0.400. The summed E-state index contributed by atoms with van der Waals surface area (Å²) >= 11 is 10.8. The van der Waals surface area contributed by atoms with Gasteiger partial charge in [0.15, 0.2) is 17.5 Å². The van der Waals surface area contributed by atoms with Crippen LogP contribution < -0.4 is 5.32 Å². The second-order valence-corrected chi connectivity index (χ2v) is 4.39. The zero-order valence-corrected chi connectivity index (χ0v) is 9.60. The van der Waals surface area contributed by atoms with Crippen LogP contribution >= 0.6 is 23.2 Å². The van der Waals surface area contributed by atoms with Crippen molar-refractivity contribution in [2.45, 2.75) is 18.9 Å². The maximum Gasteiger partial charge on any atom is 0.166 e. The van der Waals surface area contributed by atoms with Crippen LogP contribution in [0.5, 0.6) is 0 Å². The van der Waals surface area contributed by atoms with Crippen molar-refractivity contribution in [3.63, 3.8) is 0 Å². The first-order valence-electron chi connectivity index (χ1n) is 4.78. The molecule has 1 aromatic rings. The Hall–Kier alpha value is -0.450. The zero-order valence-electron chi connectivity index (χ0n) is 8.09. The van der Waals surface area contributed by atoms with E-state index in [0.29, 0.717) is 13.0 Å². The lowest BCUT2D eigenvalue weighted by atomic mass is 10.0. The Bertz CT molecular complexity index is 402. The number of hydrogen-bond acceptors (Lipinski definition) is 1. The van der Waals surface area contributed by atoms with Crippen molar-refractivity contribution in [3.05, 3.63) is 33.1 Å². The quantitative estimate of drug-likeness (QED) is 0.604. The molecule has 2 rings (SSSR count). The van der Waals surface area contributed by atoms with Gasteiger partial charge >= 0.3 is 0 Å². The van der Waals surface area contributed by atoms with E-state index in [1.165, 1.54) is 0 Å². The summed E-state index contributed by atoms with van der Waals surface area (Å²) in [6.07, 6.45) is 1.38. The maximum absolute atomic E-state index is 13.6. The largest absolute Gasteiger partial charge is 0.310 e. The lowest BCUT2D eigenvalue weighted by Crippen LogP contribution is -2.17. The minimum Gasteiger partial charge on any atom is -0.310 e. The fourth-order valence-corrected chi connectivity index (χ4v) is 2.30. The summed E-state index contributed by atoms with van der Waals surface area (Å²) in [5.74, 6) is -3.39. The van der Waals surface area contributed by atoms with Crippen LogP contribution in [0, 0.1) is 17.5 Å². The van der Waals surface area contributed by atoms with Crippen LogP contribution in [0.4, 0.5) is 13.2 Å². The van der Waals surface area contributed by atoms with Gasteiger partial charge in [0, 0.05) is 11.6 Å². The van der Waals surface area contributed by atoms with E-state index in [0.717, 1.165) is 6.42 Å². The third-order valence-electron chi connectivity index (χ3n) is 2.65. The number of halogens is 5. The Morgan fingerprint density at radius 2 is 1.56 bits per heavy atom. The summed E-state index contributed by atoms with van der Waals surface area (Å²) in [5, 5.41) is 1.40. The highest BCUT2D eigenvalue weighted by Crippen LogP contribution is 2.37. The Kier molecular flexibility index (Phi) is 3.33. The van der Waals surface area contributed by atoms with Crippen molar-refractivity contribution in [2.24, 2.45) is 0 Å². The molecule has 0 bridgehead atoms. The first kappa shape index (κ1) is 12.0. The zero-order chi connectivity index (χ0) is 11.9. The molecule has 0 aromatic heterocycles. The van der Waals surface area contributed by atoms with E-state index in [-0.39, 0.29) is 5.56 Å². The highest BCUT2D eigenvalue weighted by Gasteiger charge is 2.29. The molecule has 1 saturated heterocycles. The lowest BCUT2D eigenvalue weighted by molar-refractivity contribution is 0.489. The van der Waals surface area contributed by atoms with Crippen molar-refractivity contribution in [1.82, 2.24) is 5.32 Å². The van der Waals surface area contributed by atoms with Gasteiger partial charge in [-0.25, -0.2) is 13.2 Å². The SMILES string of the molecule is Fc1c(Cl)c(F)c([C@H]2CCCN2)c(F)c1Cl. The average Bonchev–Trinajstić information content (AvgIpc) is 2.77. The lowest BCUT2D eigenvalue weighted by Gasteiger charge is -2.15. The fourth-order valence-electron chi connectivity index (χ4n) is 1.86. The van der Waals surface area contributed by atoms with Gasteiger partial charge in [-0.2, -0.15) is 0 Å². The molecule has 0 unspecified atom stereocenters.